The zero-order chi connectivity index (χ0) is 20.2. The summed E-state index contributed by atoms with van der Waals surface area (Å²) in [5, 5.41) is 12.1. The van der Waals surface area contributed by atoms with Crippen LogP contribution in [0.4, 0.5) is 5.69 Å². The summed E-state index contributed by atoms with van der Waals surface area (Å²) in [7, 11) is 0. The number of nitrogens with one attached hydrogen (secondary N) is 1. The molecule has 0 heterocycles. The highest BCUT2D eigenvalue weighted by Gasteiger charge is 2.12. The maximum Gasteiger partial charge on any atom is 0.248 e. The first kappa shape index (κ1) is 21.4. The Kier molecular flexibility index (Phi) is 8.99. The molecule has 0 aliphatic heterocycles. The van der Waals surface area contributed by atoms with E-state index in [1.165, 1.54) is 31.8 Å². The average molecular weight is 380 g/mol. The van der Waals surface area contributed by atoms with Gasteiger partial charge < -0.3 is 10.4 Å². The molecular formula is C24H29NO3. The number of para-hydroxylation sites is 1. The maximum atomic E-state index is 12.6. The summed E-state index contributed by atoms with van der Waals surface area (Å²) in [5.74, 6) is -0.0544. The second-order valence-corrected chi connectivity index (χ2v) is 6.90. The van der Waals surface area contributed by atoms with Crippen LogP contribution < -0.4 is 5.32 Å². The number of ketones is 1. The molecule has 148 valence electrons. The molecule has 0 saturated carbocycles. The van der Waals surface area contributed by atoms with Crippen LogP contribution in [-0.4, -0.2) is 16.8 Å². The molecule has 2 aromatic carbocycles. The molecule has 0 saturated heterocycles. The van der Waals surface area contributed by atoms with Crippen molar-refractivity contribution in [2.45, 2.75) is 51.9 Å². The second kappa shape index (κ2) is 11.8. The number of phenols is 1. The highest BCUT2D eigenvalue weighted by atomic mass is 16.3. The Labute approximate surface area is 167 Å². The number of benzene rings is 2. The molecule has 0 aromatic heterocycles. The molecular weight excluding hydrogens is 350 g/mol. The fourth-order valence-electron chi connectivity index (χ4n) is 2.97. The van der Waals surface area contributed by atoms with Gasteiger partial charge in [-0.2, -0.15) is 0 Å². The van der Waals surface area contributed by atoms with Crippen LogP contribution in [0.15, 0.2) is 54.6 Å². The topological polar surface area (TPSA) is 66.4 Å². The lowest BCUT2D eigenvalue weighted by Crippen LogP contribution is -2.12. The summed E-state index contributed by atoms with van der Waals surface area (Å²) in [6.07, 6.45) is 10.4. The van der Waals surface area contributed by atoms with Gasteiger partial charge in [0.05, 0.1) is 5.69 Å². The zero-order valence-electron chi connectivity index (χ0n) is 16.5. The number of phenolic OH excluding ortho intramolecular Hbond substituents is 1. The molecule has 4 nitrogen and oxygen atoms in total. The summed E-state index contributed by atoms with van der Waals surface area (Å²) < 4.78 is 0. The minimum Gasteiger partial charge on any atom is -0.508 e. The zero-order valence-corrected chi connectivity index (χ0v) is 16.5. The molecule has 0 aliphatic rings. The molecule has 0 radical (unpaired) electrons. The van der Waals surface area contributed by atoms with Crippen molar-refractivity contribution in [1.29, 1.82) is 0 Å². The Morgan fingerprint density at radius 1 is 0.929 bits per heavy atom. The lowest BCUT2D eigenvalue weighted by atomic mass is 10.0. The number of hydrogen-bond acceptors (Lipinski definition) is 3. The number of carbonyl (C=O) groups is 2. The summed E-state index contributed by atoms with van der Waals surface area (Å²) >= 11 is 0. The van der Waals surface area contributed by atoms with Crippen molar-refractivity contribution in [3.8, 4) is 5.75 Å². The van der Waals surface area contributed by atoms with Crippen LogP contribution in [-0.2, 0) is 4.79 Å². The van der Waals surface area contributed by atoms with Crippen molar-refractivity contribution in [2.24, 2.45) is 0 Å². The third kappa shape index (κ3) is 7.39. The molecule has 28 heavy (non-hydrogen) atoms. The molecule has 0 spiro atoms. The maximum absolute atomic E-state index is 12.6. The molecule has 0 bridgehead atoms. The van der Waals surface area contributed by atoms with Gasteiger partial charge in [-0.3, -0.25) is 9.59 Å². The number of amides is 1. The minimum atomic E-state index is -0.298. The Hall–Kier alpha value is -2.88. The predicted octanol–water partition coefficient (Wildman–Crippen LogP) is 5.98. The molecule has 2 N–H and O–H groups in total. The first-order valence-electron chi connectivity index (χ1n) is 10.0. The SMILES string of the molecule is CCCCCCCCC(=O)c1ccccc1NC(=O)/C=C/c1ccc(O)cc1. The molecule has 2 rings (SSSR count). The average Bonchev–Trinajstić information content (AvgIpc) is 2.70. The number of anilines is 1. The molecule has 0 aliphatic carbocycles. The van der Waals surface area contributed by atoms with E-state index in [-0.39, 0.29) is 17.4 Å². The molecule has 0 fully saturated rings. The molecule has 4 heteroatoms. The number of Topliss-reactive ketones (excluding diaryl/α,β-unsaturated/α-hetero) is 1. The van der Waals surface area contributed by atoms with E-state index in [0.717, 1.165) is 18.4 Å². The van der Waals surface area contributed by atoms with Gasteiger partial charge >= 0.3 is 0 Å². The van der Waals surface area contributed by atoms with Crippen LogP contribution >= 0.6 is 0 Å². The van der Waals surface area contributed by atoms with Crippen molar-refractivity contribution in [3.05, 3.63) is 65.7 Å². The van der Waals surface area contributed by atoms with Gasteiger partial charge in [0.2, 0.25) is 5.91 Å². The summed E-state index contributed by atoms with van der Waals surface area (Å²) in [4.78, 5) is 24.8. The van der Waals surface area contributed by atoms with Crippen LogP contribution in [0.25, 0.3) is 6.08 Å². The Morgan fingerprint density at radius 2 is 1.61 bits per heavy atom. The van der Waals surface area contributed by atoms with Crippen LogP contribution in [0.2, 0.25) is 0 Å². The van der Waals surface area contributed by atoms with Gasteiger partial charge in [-0.15, -0.1) is 0 Å². The Balaban J connectivity index is 1.90. The molecule has 0 unspecified atom stereocenters. The highest BCUT2D eigenvalue weighted by molar-refractivity contribution is 6.08. The van der Waals surface area contributed by atoms with E-state index in [4.69, 9.17) is 0 Å². The van der Waals surface area contributed by atoms with Crippen LogP contribution in [0.3, 0.4) is 0 Å². The monoisotopic (exact) mass is 379 g/mol. The van der Waals surface area contributed by atoms with Crippen molar-refractivity contribution < 1.29 is 14.7 Å². The number of hydrogen-bond donors (Lipinski definition) is 2. The third-order valence-corrected chi connectivity index (χ3v) is 4.56. The van der Waals surface area contributed by atoms with Crippen molar-refractivity contribution in [3.63, 3.8) is 0 Å². The lowest BCUT2D eigenvalue weighted by Gasteiger charge is -2.09. The van der Waals surface area contributed by atoms with Crippen LogP contribution in [0.1, 0.15) is 67.8 Å². The number of unbranched alkanes of at least 4 members (excludes halogenated alkanes) is 5. The van der Waals surface area contributed by atoms with Crippen molar-refractivity contribution in [2.75, 3.05) is 5.32 Å². The first-order chi connectivity index (χ1) is 13.6. The van der Waals surface area contributed by atoms with E-state index in [1.807, 2.05) is 6.07 Å². The normalized spacial score (nSPS) is 10.9. The fraction of sp³-hybridized carbons (Fsp3) is 0.333. The highest BCUT2D eigenvalue weighted by Crippen LogP contribution is 2.19. The third-order valence-electron chi connectivity index (χ3n) is 4.56. The standard InChI is InChI=1S/C24H29NO3/c1-2-3-4-5-6-7-12-23(27)21-10-8-9-11-22(21)25-24(28)18-15-19-13-16-20(26)17-14-19/h8-11,13-18,26H,2-7,12H2,1H3,(H,25,28)/b18-15+. The van der Waals surface area contributed by atoms with E-state index in [0.29, 0.717) is 17.7 Å². The van der Waals surface area contributed by atoms with Gasteiger partial charge in [0, 0.05) is 18.1 Å². The van der Waals surface area contributed by atoms with Crippen LogP contribution in [0, 0.1) is 0 Å². The number of aromatic hydroxyl groups is 1. The van der Waals surface area contributed by atoms with E-state index >= 15 is 0 Å². The van der Waals surface area contributed by atoms with E-state index < -0.39 is 0 Å². The second-order valence-electron chi connectivity index (χ2n) is 6.90. The van der Waals surface area contributed by atoms with Gasteiger partial charge in [-0.05, 0) is 42.3 Å². The first-order valence-corrected chi connectivity index (χ1v) is 10.0. The predicted molar refractivity (Wildman–Crippen MR) is 115 cm³/mol. The smallest absolute Gasteiger partial charge is 0.248 e. The van der Waals surface area contributed by atoms with E-state index in [2.05, 4.69) is 12.2 Å². The molecule has 2 aromatic rings. The fourth-order valence-corrected chi connectivity index (χ4v) is 2.97. The number of carbonyl (C=O) groups excluding carboxylic acids is 2. The summed E-state index contributed by atoms with van der Waals surface area (Å²) in [6, 6.07) is 13.7. The number of rotatable bonds is 11. The van der Waals surface area contributed by atoms with Gasteiger partial charge in [0.25, 0.3) is 0 Å². The van der Waals surface area contributed by atoms with Gasteiger partial charge in [-0.1, -0.05) is 63.3 Å². The van der Waals surface area contributed by atoms with Crippen LogP contribution in [0.5, 0.6) is 5.75 Å². The lowest BCUT2D eigenvalue weighted by molar-refractivity contribution is -0.111. The van der Waals surface area contributed by atoms with Crippen molar-refractivity contribution in [1.82, 2.24) is 0 Å². The molecule has 0 atom stereocenters. The van der Waals surface area contributed by atoms with E-state index in [1.54, 1.807) is 48.5 Å². The Bertz CT molecular complexity index is 794. The van der Waals surface area contributed by atoms with Crippen molar-refractivity contribution >= 4 is 23.5 Å². The summed E-state index contributed by atoms with van der Waals surface area (Å²) in [6.45, 7) is 2.19. The molecule has 1 amide bonds. The Morgan fingerprint density at radius 3 is 2.36 bits per heavy atom. The summed E-state index contributed by atoms with van der Waals surface area (Å²) in [5.41, 5.74) is 1.90. The van der Waals surface area contributed by atoms with Gasteiger partial charge in [-0.25, -0.2) is 0 Å². The van der Waals surface area contributed by atoms with E-state index in [9.17, 15) is 14.7 Å². The largest absolute Gasteiger partial charge is 0.508 e. The van der Waals surface area contributed by atoms with Gasteiger partial charge in [0.1, 0.15) is 5.75 Å². The van der Waals surface area contributed by atoms with Gasteiger partial charge in [0.15, 0.2) is 5.78 Å². The quantitative estimate of drug-likeness (QED) is 0.287. The minimum absolute atomic E-state index is 0.0638.